The quantitative estimate of drug-likeness (QED) is 0.795. The van der Waals surface area contributed by atoms with Crippen LogP contribution < -0.4 is 10.6 Å². The second-order valence-electron chi connectivity index (χ2n) is 5.75. The van der Waals surface area contributed by atoms with Gasteiger partial charge >= 0.3 is 5.97 Å². The van der Waals surface area contributed by atoms with Crippen LogP contribution >= 0.6 is 0 Å². The fraction of sp³-hybridized carbons (Fsp3) is 0.263. The van der Waals surface area contributed by atoms with Gasteiger partial charge in [0.05, 0.1) is 19.2 Å². The van der Waals surface area contributed by atoms with E-state index in [-0.39, 0.29) is 12.5 Å². The number of anilines is 2. The number of amides is 1. The molecule has 0 aromatic heterocycles. The van der Waals surface area contributed by atoms with Crippen molar-refractivity contribution in [2.45, 2.75) is 19.8 Å². The van der Waals surface area contributed by atoms with Gasteiger partial charge < -0.3 is 15.4 Å². The number of nitrogens with one attached hydrogen (secondary N) is 2. The summed E-state index contributed by atoms with van der Waals surface area (Å²) >= 11 is 0. The smallest absolute Gasteiger partial charge is 0.337 e. The molecule has 24 heavy (non-hydrogen) atoms. The summed E-state index contributed by atoms with van der Waals surface area (Å²) in [7, 11) is 1.32. The van der Waals surface area contributed by atoms with Gasteiger partial charge in [-0.2, -0.15) is 0 Å². The summed E-state index contributed by atoms with van der Waals surface area (Å²) in [5.74, 6) is -0.191. The average molecular weight is 326 g/mol. The summed E-state index contributed by atoms with van der Waals surface area (Å²) in [6.07, 6.45) is 0. The first kappa shape index (κ1) is 17.5. The number of carbonyl (C=O) groups excluding carboxylic acids is 2. The van der Waals surface area contributed by atoms with Crippen molar-refractivity contribution in [3.63, 3.8) is 0 Å². The van der Waals surface area contributed by atoms with E-state index in [0.29, 0.717) is 17.2 Å². The number of carbonyl (C=O) groups is 2. The Morgan fingerprint density at radius 1 is 1.04 bits per heavy atom. The maximum atomic E-state index is 12.1. The van der Waals surface area contributed by atoms with Gasteiger partial charge in [-0.05, 0) is 41.8 Å². The van der Waals surface area contributed by atoms with Crippen molar-refractivity contribution in [3.8, 4) is 0 Å². The van der Waals surface area contributed by atoms with Crippen molar-refractivity contribution in [1.29, 1.82) is 0 Å². The van der Waals surface area contributed by atoms with E-state index in [1.807, 2.05) is 18.2 Å². The molecule has 0 fully saturated rings. The van der Waals surface area contributed by atoms with Gasteiger partial charge in [-0.15, -0.1) is 0 Å². The standard InChI is InChI=1S/C19H22N2O3/c1-13(2)14-6-4-8-16(10-14)20-12-18(22)21-17-9-5-7-15(11-17)19(23)24-3/h4-11,13,20H,12H2,1-3H3,(H,21,22). The number of ether oxygens (including phenoxy) is 1. The highest BCUT2D eigenvalue weighted by Gasteiger charge is 2.08. The minimum absolute atomic E-state index is 0.143. The molecular formula is C19H22N2O3. The van der Waals surface area contributed by atoms with E-state index < -0.39 is 5.97 Å². The predicted molar refractivity (Wildman–Crippen MR) is 95.4 cm³/mol. The van der Waals surface area contributed by atoms with Crippen LogP contribution in [0.3, 0.4) is 0 Å². The van der Waals surface area contributed by atoms with E-state index in [4.69, 9.17) is 0 Å². The van der Waals surface area contributed by atoms with Gasteiger partial charge in [0, 0.05) is 11.4 Å². The largest absolute Gasteiger partial charge is 0.465 e. The van der Waals surface area contributed by atoms with E-state index in [1.165, 1.54) is 12.7 Å². The Kier molecular flexibility index (Phi) is 5.95. The normalized spacial score (nSPS) is 10.3. The molecule has 0 radical (unpaired) electrons. The molecule has 0 unspecified atom stereocenters. The van der Waals surface area contributed by atoms with E-state index in [2.05, 4.69) is 35.3 Å². The highest BCUT2D eigenvalue weighted by molar-refractivity contribution is 5.96. The van der Waals surface area contributed by atoms with Crippen LogP contribution in [-0.2, 0) is 9.53 Å². The maximum Gasteiger partial charge on any atom is 0.337 e. The number of methoxy groups -OCH3 is 1. The molecule has 0 spiro atoms. The molecule has 0 aliphatic carbocycles. The second kappa shape index (κ2) is 8.15. The fourth-order valence-electron chi connectivity index (χ4n) is 2.24. The molecule has 0 aliphatic heterocycles. The van der Waals surface area contributed by atoms with Gasteiger partial charge in [0.15, 0.2) is 0 Å². The molecule has 0 saturated heterocycles. The first-order valence-corrected chi connectivity index (χ1v) is 7.81. The van der Waals surface area contributed by atoms with Crippen LogP contribution in [0.1, 0.15) is 35.7 Å². The minimum atomic E-state index is -0.435. The highest BCUT2D eigenvalue weighted by Crippen LogP contribution is 2.18. The fourth-order valence-corrected chi connectivity index (χ4v) is 2.24. The number of benzene rings is 2. The van der Waals surface area contributed by atoms with Crippen molar-refractivity contribution in [2.24, 2.45) is 0 Å². The number of hydrogen-bond donors (Lipinski definition) is 2. The van der Waals surface area contributed by atoms with Crippen molar-refractivity contribution in [1.82, 2.24) is 0 Å². The Bertz CT molecular complexity index is 726. The van der Waals surface area contributed by atoms with Gasteiger partial charge in [-0.3, -0.25) is 4.79 Å². The number of esters is 1. The first-order valence-electron chi connectivity index (χ1n) is 7.81. The molecule has 2 rings (SSSR count). The predicted octanol–water partition coefficient (Wildman–Crippen LogP) is 3.65. The molecule has 2 N–H and O–H groups in total. The highest BCUT2D eigenvalue weighted by atomic mass is 16.5. The van der Waals surface area contributed by atoms with Crippen molar-refractivity contribution in [2.75, 3.05) is 24.3 Å². The summed E-state index contributed by atoms with van der Waals surface area (Å²) in [4.78, 5) is 23.6. The topological polar surface area (TPSA) is 67.4 Å². The molecule has 126 valence electrons. The second-order valence-corrected chi connectivity index (χ2v) is 5.75. The van der Waals surface area contributed by atoms with Crippen LogP contribution in [0.2, 0.25) is 0 Å². The number of hydrogen-bond acceptors (Lipinski definition) is 4. The summed E-state index contributed by atoms with van der Waals surface area (Å²) in [5, 5.41) is 5.86. The van der Waals surface area contributed by atoms with E-state index in [1.54, 1.807) is 24.3 Å². The minimum Gasteiger partial charge on any atom is -0.465 e. The third-order valence-corrected chi connectivity index (χ3v) is 3.57. The maximum absolute atomic E-state index is 12.1. The zero-order chi connectivity index (χ0) is 17.5. The van der Waals surface area contributed by atoms with Crippen molar-refractivity contribution in [3.05, 3.63) is 59.7 Å². The van der Waals surface area contributed by atoms with Crippen LogP contribution in [0.5, 0.6) is 0 Å². The average Bonchev–Trinajstić information content (AvgIpc) is 2.59. The Hall–Kier alpha value is -2.82. The first-order chi connectivity index (χ1) is 11.5. The van der Waals surface area contributed by atoms with Gasteiger partial charge in [0.25, 0.3) is 0 Å². The van der Waals surface area contributed by atoms with Crippen LogP contribution in [-0.4, -0.2) is 25.5 Å². The van der Waals surface area contributed by atoms with Gasteiger partial charge in [-0.1, -0.05) is 32.0 Å². The van der Waals surface area contributed by atoms with Crippen LogP contribution in [0.4, 0.5) is 11.4 Å². The Labute approximate surface area is 142 Å². The zero-order valence-corrected chi connectivity index (χ0v) is 14.1. The molecule has 2 aromatic rings. The molecule has 5 heteroatoms. The van der Waals surface area contributed by atoms with Gasteiger partial charge in [-0.25, -0.2) is 4.79 Å². The van der Waals surface area contributed by atoms with E-state index in [9.17, 15) is 9.59 Å². The van der Waals surface area contributed by atoms with Crippen LogP contribution in [0.25, 0.3) is 0 Å². The van der Waals surface area contributed by atoms with E-state index in [0.717, 1.165) is 5.69 Å². The lowest BCUT2D eigenvalue weighted by atomic mass is 10.0. The molecule has 1 amide bonds. The van der Waals surface area contributed by atoms with Gasteiger partial charge in [0.2, 0.25) is 5.91 Å². The van der Waals surface area contributed by atoms with Crippen molar-refractivity contribution >= 4 is 23.3 Å². The Balaban J connectivity index is 1.94. The molecule has 0 atom stereocenters. The molecule has 0 heterocycles. The third kappa shape index (κ3) is 4.84. The van der Waals surface area contributed by atoms with Crippen LogP contribution in [0.15, 0.2) is 48.5 Å². The van der Waals surface area contributed by atoms with Crippen molar-refractivity contribution < 1.29 is 14.3 Å². The molecular weight excluding hydrogens is 304 g/mol. The summed E-state index contributed by atoms with van der Waals surface area (Å²) in [5.41, 5.74) is 3.07. The third-order valence-electron chi connectivity index (χ3n) is 3.57. The van der Waals surface area contributed by atoms with Crippen LogP contribution in [0, 0.1) is 0 Å². The molecule has 5 nitrogen and oxygen atoms in total. The Morgan fingerprint density at radius 2 is 1.75 bits per heavy atom. The molecule has 2 aromatic carbocycles. The monoisotopic (exact) mass is 326 g/mol. The Morgan fingerprint density at radius 3 is 2.46 bits per heavy atom. The summed E-state index contributed by atoms with van der Waals surface area (Å²) < 4.78 is 4.67. The summed E-state index contributed by atoms with van der Waals surface area (Å²) in [6, 6.07) is 14.6. The number of rotatable bonds is 6. The molecule has 0 saturated carbocycles. The molecule has 0 aliphatic rings. The SMILES string of the molecule is COC(=O)c1cccc(NC(=O)CNc2cccc(C(C)C)c2)c1. The lowest BCUT2D eigenvalue weighted by molar-refractivity contribution is -0.114. The lowest BCUT2D eigenvalue weighted by Crippen LogP contribution is -2.22. The molecule has 0 bridgehead atoms. The summed E-state index contributed by atoms with van der Waals surface area (Å²) in [6.45, 7) is 4.39. The van der Waals surface area contributed by atoms with E-state index >= 15 is 0 Å². The van der Waals surface area contributed by atoms with Gasteiger partial charge in [0.1, 0.15) is 0 Å². The zero-order valence-electron chi connectivity index (χ0n) is 14.1. The lowest BCUT2D eigenvalue weighted by Gasteiger charge is -2.11.